The molecule has 0 saturated carbocycles. The molecule has 12 heteroatoms. The first-order valence-corrected chi connectivity index (χ1v) is 10.5. The van der Waals surface area contributed by atoms with Crippen molar-refractivity contribution in [1.82, 2.24) is 20.2 Å². The summed E-state index contributed by atoms with van der Waals surface area (Å²) >= 11 is 0. The van der Waals surface area contributed by atoms with E-state index in [0.29, 0.717) is 34.0 Å². The van der Waals surface area contributed by atoms with Crippen LogP contribution >= 0.6 is 0 Å². The van der Waals surface area contributed by atoms with Crippen molar-refractivity contribution in [1.29, 1.82) is 0 Å². The number of ether oxygens (including phenoxy) is 1. The van der Waals surface area contributed by atoms with Crippen LogP contribution in [-0.4, -0.2) is 42.7 Å². The topological polar surface area (TPSA) is 139 Å². The van der Waals surface area contributed by atoms with Gasteiger partial charge in [-0.25, -0.2) is 22.9 Å². The third kappa shape index (κ3) is 4.11. The number of aromatic amines is 1. The molecule has 4 rings (SSSR count). The number of hydrogen-bond donors (Lipinski definition) is 3. The SMILES string of the molecule is COc1cc(Nc2nccc(N(C)c3n[nH]c4c(F)cccc34)n2)cc(S(N)(=O)=O)c1. The number of aromatic nitrogens is 4. The molecule has 4 N–H and O–H groups in total. The van der Waals surface area contributed by atoms with Gasteiger partial charge in [-0.2, -0.15) is 10.1 Å². The van der Waals surface area contributed by atoms with Gasteiger partial charge in [0.1, 0.15) is 22.9 Å². The van der Waals surface area contributed by atoms with Crippen LogP contribution in [0.25, 0.3) is 10.9 Å². The Morgan fingerprint density at radius 1 is 1.23 bits per heavy atom. The summed E-state index contributed by atoms with van der Waals surface area (Å²) in [6.45, 7) is 0. The molecule has 10 nitrogen and oxygen atoms in total. The Hall–Kier alpha value is -3.77. The minimum atomic E-state index is -3.94. The van der Waals surface area contributed by atoms with Gasteiger partial charge in [0.15, 0.2) is 5.82 Å². The van der Waals surface area contributed by atoms with Crippen LogP contribution in [0.5, 0.6) is 5.75 Å². The van der Waals surface area contributed by atoms with E-state index in [2.05, 4.69) is 25.5 Å². The molecule has 0 saturated heterocycles. The lowest BCUT2D eigenvalue weighted by atomic mass is 10.2. The van der Waals surface area contributed by atoms with Crippen LogP contribution in [0, 0.1) is 5.82 Å². The number of fused-ring (bicyclic) bond motifs is 1. The second-order valence-corrected chi connectivity index (χ2v) is 8.14. The predicted octanol–water partition coefficient (Wildman–Crippen LogP) is 2.66. The van der Waals surface area contributed by atoms with Gasteiger partial charge in [0, 0.05) is 36.5 Å². The zero-order chi connectivity index (χ0) is 22.2. The number of benzene rings is 2. The van der Waals surface area contributed by atoms with Gasteiger partial charge in [-0.15, -0.1) is 0 Å². The predicted molar refractivity (Wildman–Crippen MR) is 114 cm³/mol. The van der Waals surface area contributed by atoms with Gasteiger partial charge in [-0.3, -0.25) is 5.10 Å². The summed E-state index contributed by atoms with van der Waals surface area (Å²) in [7, 11) is -0.792. The Morgan fingerprint density at radius 3 is 2.77 bits per heavy atom. The number of H-pyrrole nitrogens is 1. The van der Waals surface area contributed by atoms with Crippen molar-refractivity contribution in [3.63, 3.8) is 0 Å². The molecule has 0 aliphatic heterocycles. The lowest BCUT2D eigenvalue weighted by Crippen LogP contribution is -2.14. The van der Waals surface area contributed by atoms with Gasteiger partial charge in [0.05, 0.1) is 12.0 Å². The van der Waals surface area contributed by atoms with Crippen molar-refractivity contribution in [3.8, 4) is 5.75 Å². The lowest BCUT2D eigenvalue weighted by molar-refractivity contribution is 0.413. The molecule has 0 spiro atoms. The number of primary sulfonamides is 1. The summed E-state index contributed by atoms with van der Waals surface area (Å²) in [5.74, 6) is 1.05. The summed E-state index contributed by atoms with van der Waals surface area (Å²) in [6.07, 6.45) is 1.53. The normalized spacial score (nSPS) is 11.5. The van der Waals surface area contributed by atoms with E-state index in [1.54, 1.807) is 36.2 Å². The number of nitrogens with zero attached hydrogens (tertiary/aromatic N) is 4. The molecule has 0 amide bonds. The van der Waals surface area contributed by atoms with Crippen LogP contribution in [-0.2, 0) is 10.0 Å². The van der Waals surface area contributed by atoms with Crippen LogP contribution in [0.3, 0.4) is 0 Å². The van der Waals surface area contributed by atoms with Gasteiger partial charge in [0.25, 0.3) is 0 Å². The van der Waals surface area contributed by atoms with Crippen LogP contribution in [0.2, 0.25) is 0 Å². The maximum Gasteiger partial charge on any atom is 0.238 e. The maximum absolute atomic E-state index is 14.0. The molecule has 4 aromatic rings. The van der Waals surface area contributed by atoms with Gasteiger partial charge >= 0.3 is 0 Å². The van der Waals surface area contributed by atoms with Crippen LogP contribution < -0.4 is 20.1 Å². The average Bonchev–Trinajstić information content (AvgIpc) is 3.18. The molecule has 0 fully saturated rings. The Labute approximate surface area is 176 Å². The average molecular weight is 443 g/mol. The molecule has 2 heterocycles. The molecule has 0 aliphatic rings. The van der Waals surface area contributed by atoms with E-state index in [1.165, 1.54) is 31.5 Å². The van der Waals surface area contributed by atoms with Crippen molar-refractivity contribution in [3.05, 3.63) is 54.5 Å². The second kappa shape index (κ2) is 7.81. The monoisotopic (exact) mass is 443 g/mol. The first kappa shape index (κ1) is 20.5. The summed E-state index contributed by atoms with van der Waals surface area (Å²) in [6, 6.07) is 10.6. The summed E-state index contributed by atoms with van der Waals surface area (Å²) in [5, 5.41) is 15.6. The molecule has 0 aliphatic carbocycles. The fraction of sp³-hybridized carbons (Fsp3) is 0.105. The Bertz CT molecular complexity index is 1370. The molecule has 2 aromatic heterocycles. The second-order valence-electron chi connectivity index (χ2n) is 6.57. The number of hydrogen-bond acceptors (Lipinski definition) is 8. The van der Waals surface area contributed by atoms with Crippen LogP contribution in [0.4, 0.5) is 27.7 Å². The highest BCUT2D eigenvalue weighted by Gasteiger charge is 2.16. The first-order valence-electron chi connectivity index (χ1n) is 8.94. The van der Waals surface area contributed by atoms with E-state index in [9.17, 15) is 12.8 Å². The highest BCUT2D eigenvalue weighted by Crippen LogP contribution is 2.30. The third-order valence-electron chi connectivity index (χ3n) is 4.53. The maximum atomic E-state index is 14.0. The zero-order valence-electron chi connectivity index (χ0n) is 16.5. The molecule has 0 unspecified atom stereocenters. The van der Waals surface area contributed by atoms with E-state index in [4.69, 9.17) is 9.88 Å². The number of anilines is 4. The van der Waals surface area contributed by atoms with E-state index >= 15 is 0 Å². The van der Waals surface area contributed by atoms with Gasteiger partial charge in [0.2, 0.25) is 16.0 Å². The van der Waals surface area contributed by atoms with E-state index in [-0.39, 0.29) is 10.8 Å². The Balaban J connectivity index is 1.67. The largest absolute Gasteiger partial charge is 0.497 e. The molecular weight excluding hydrogens is 425 g/mol. The van der Waals surface area contributed by atoms with Crippen molar-refractivity contribution < 1.29 is 17.5 Å². The van der Waals surface area contributed by atoms with Crippen LogP contribution in [0.15, 0.2) is 53.6 Å². The minimum Gasteiger partial charge on any atom is -0.497 e. The van der Waals surface area contributed by atoms with Gasteiger partial charge in [-0.1, -0.05) is 6.07 Å². The fourth-order valence-corrected chi connectivity index (χ4v) is 3.58. The summed E-state index contributed by atoms with van der Waals surface area (Å²) in [5.41, 5.74) is 0.666. The zero-order valence-corrected chi connectivity index (χ0v) is 17.3. The number of nitrogens with one attached hydrogen (secondary N) is 2. The van der Waals surface area contributed by atoms with Gasteiger partial charge in [-0.05, 0) is 24.3 Å². The van der Waals surface area contributed by atoms with Crippen LogP contribution in [0.1, 0.15) is 0 Å². The number of sulfonamides is 1. The third-order valence-corrected chi connectivity index (χ3v) is 5.42. The number of halogens is 1. The number of para-hydroxylation sites is 1. The molecule has 0 atom stereocenters. The first-order chi connectivity index (χ1) is 14.8. The quantitative estimate of drug-likeness (QED) is 0.413. The lowest BCUT2D eigenvalue weighted by Gasteiger charge is -2.16. The Morgan fingerprint density at radius 2 is 2.03 bits per heavy atom. The van der Waals surface area contributed by atoms with E-state index < -0.39 is 15.8 Å². The van der Waals surface area contributed by atoms with E-state index in [0.717, 1.165) is 0 Å². The van der Waals surface area contributed by atoms with Crippen molar-refractivity contribution in [2.75, 3.05) is 24.4 Å². The molecule has 31 heavy (non-hydrogen) atoms. The van der Waals surface area contributed by atoms with Crippen molar-refractivity contribution in [2.45, 2.75) is 4.90 Å². The minimum absolute atomic E-state index is 0.118. The van der Waals surface area contributed by atoms with Gasteiger partial charge < -0.3 is 15.0 Å². The number of methoxy groups -OCH3 is 1. The molecule has 160 valence electrons. The van der Waals surface area contributed by atoms with Crippen molar-refractivity contribution >= 4 is 44.2 Å². The molecule has 0 bridgehead atoms. The number of rotatable bonds is 6. The molecule has 2 aromatic carbocycles. The summed E-state index contributed by atoms with van der Waals surface area (Å²) in [4.78, 5) is 10.2. The summed E-state index contributed by atoms with van der Waals surface area (Å²) < 4.78 is 42.6. The molecular formula is C19H18FN7O3S. The fourth-order valence-electron chi connectivity index (χ4n) is 3.01. The molecule has 0 radical (unpaired) electrons. The Kier molecular flexibility index (Phi) is 5.17. The van der Waals surface area contributed by atoms with Crippen molar-refractivity contribution in [2.24, 2.45) is 5.14 Å². The smallest absolute Gasteiger partial charge is 0.238 e. The standard InChI is InChI=1S/C19H18FN7O3S/c1-27(18-14-4-3-5-15(20)17(14)25-26-18)16-6-7-22-19(24-16)23-11-8-12(30-2)10-13(9-11)31(21,28)29/h3-10H,1-2H3,(H,25,26)(H2,21,28,29)(H,22,23,24). The highest BCUT2D eigenvalue weighted by atomic mass is 32.2. The highest BCUT2D eigenvalue weighted by molar-refractivity contribution is 7.89. The van der Waals surface area contributed by atoms with E-state index in [1.807, 2.05) is 0 Å². The number of nitrogens with two attached hydrogens (primary N) is 1.